The van der Waals surface area contributed by atoms with E-state index in [-0.39, 0.29) is 24.6 Å². The first-order valence-corrected chi connectivity index (χ1v) is 12.5. The molecule has 196 valence electrons. The minimum absolute atomic E-state index is 0.0156. The lowest BCUT2D eigenvalue weighted by atomic mass is 10.0. The predicted molar refractivity (Wildman–Crippen MR) is 135 cm³/mol. The zero-order valence-corrected chi connectivity index (χ0v) is 20.3. The van der Waals surface area contributed by atoms with Crippen LogP contribution in [-0.4, -0.2) is 61.7 Å². The van der Waals surface area contributed by atoms with E-state index in [1.54, 1.807) is 29.4 Å². The first-order valence-electron chi connectivity index (χ1n) is 12.5. The second-order valence-corrected chi connectivity index (χ2v) is 9.77. The van der Waals surface area contributed by atoms with Crippen molar-refractivity contribution in [3.63, 3.8) is 0 Å². The fourth-order valence-corrected chi connectivity index (χ4v) is 5.51. The van der Waals surface area contributed by atoms with Crippen LogP contribution in [0, 0.1) is 11.6 Å². The summed E-state index contributed by atoms with van der Waals surface area (Å²) in [7, 11) is 0. The molecule has 2 fully saturated rings. The SMILES string of the molecule is O=C(O)N1CCC(n2cc(-c3ccnc4ccc(N5C[C@@H](F)C[C@@H]5c5cc(F)ccc5F)nc34)cn2)CC1. The molecule has 5 heterocycles. The van der Waals surface area contributed by atoms with E-state index in [9.17, 15) is 23.1 Å². The molecule has 0 radical (unpaired) electrons. The van der Waals surface area contributed by atoms with E-state index in [0.29, 0.717) is 42.8 Å². The molecule has 11 heteroatoms. The van der Waals surface area contributed by atoms with Crippen LogP contribution in [-0.2, 0) is 0 Å². The van der Waals surface area contributed by atoms with Crippen LogP contribution in [0.3, 0.4) is 0 Å². The Morgan fingerprint density at radius 3 is 2.68 bits per heavy atom. The van der Waals surface area contributed by atoms with Crippen molar-refractivity contribution >= 4 is 22.9 Å². The van der Waals surface area contributed by atoms with Crippen LogP contribution in [0.4, 0.5) is 23.8 Å². The molecule has 0 bridgehead atoms. The van der Waals surface area contributed by atoms with Gasteiger partial charge in [0.05, 0.1) is 35.9 Å². The van der Waals surface area contributed by atoms with Gasteiger partial charge in [0.25, 0.3) is 0 Å². The quantitative estimate of drug-likeness (QED) is 0.388. The second-order valence-electron chi connectivity index (χ2n) is 9.77. The number of nitrogens with zero attached hydrogens (tertiary/aromatic N) is 6. The van der Waals surface area contributed by atoms with Gasteiger partial charge in [-0.3, -0.25) is 9.67 Å². The highest BCUT2D eigenvalue weighted by atomic mass is 19.1. The van der Waals surface area contributed by atoms with Gasteiger partial charge in [0.1, 0.15) is 23.6 Å². The molecule has 1 N–H and O–H groups in total. The van der Waals surface area contributed by atoms with Crippen molar-refractivity contribution in [2.45, 2.75) is 37.5 Å². The fourth-order valence-electron chi connectivity index (χ4n) is 5.51. The van der Waals surface area contributed by atoms with E-state index >= 15 is 0 Å². The van der Waals surface area contributed by atoms with Crippen molar-refractivity contribution in [1.82, 2.24) is 24.6 Å². The number of pyridine rings is 2. The molecule has 1 aromatic carbocycles. The molecule has 0 unspecified atom stereocenters. The summed E-state index contributed by atoms with van der Waals surface area (Å²) in [6.45, 7) is 0.926. The van der Waals surface area contributed by atoms with Crippen LogP contribution >= 0.6 is 0 Å². The number of hydrogen-bond donors (Lipinski definition) is 1. The Balaban J connectivity index is 1.33. The van der Waals surface area contributed by atoms with Crippen molar-refractivity contribution in [2.24, 2.45) is 0 Å². The van der Waals surface area contributed by atoms with Crippen molar-refractivity contribution in [2.75, 3.05) is 24.5 Å². The van der Waals surface area contributed by atoms with Crippen LogP contribution in [0.1, 0.15) is 36.9 Å². The average molecular weight is 523 g/mol. The molecule has 1 amide bonds. The number of benzene rings is 1. The maximum Gasteiger partial charge on any atom is 0.407 e. The Labute approximate surface area is 216 Å². The smallest absolute Gasteiger partial charge is 0.407 e. The van der Waals surface area contributed by atoms with Crippen molar-refractivity contribution < 1.29 is 23.1 Å². The van der Waals surface area contributed by atoms with Gasteiger partial charge >= 0.3 is 6.09 Å². The van der Waals surface area contributed by atoms with E-state index in [4.69, 9.17) is 4.98 Å². The van der Waals surface area contributed by atoms with Crippen LogP contribution in [0.15, 0.2) is 55.0 Å². The number of rotatable bonds is 4. The molecular formula is C27H25F3N6O2. The number of anilines is 1. The maximum absolute atomic E-state index is 14.6. The lowest BCUT2D eigenvalue weighted by Crippen LogP contribution is -2.38. The van der Waals surface area contributed by atoms with Gasteiger partial charge in [-0.05, 0) is 49.2 Å². The summed E-state index contributed by atoms with van der Waals surface area (Å²) in [6, 6.07) is 7.97. The molecule has 3 aromatic heterocycles. The van der Waals surface area contributed by atoms with E-state index in [1.165, 1.54) is 4.90 Å². The van der Waals surface area contributed by atoms with Gasteiger partial charge in [0.2, 0.25) is 0 Å². The molecule has 6 rings (SSSR count). The lowest BCUT2D eigenvalue weighted by Gasteiger charge is -2.30. The summed E-state index contributed by atoms with van der Waals surface area (Å²) in [4.78, 5) is 23.5. The van der Waals surface area contributed by atoms with Gasteiger partial charge in [-0.2, -0.15) is 5.10 Å². The Hall–Kier alpha value is -4.15. The minimum atomic E-state index is -1.21. The number of amides is 1. The molecular weight excluding hydrogens is 497 g/mol. The Kier molecular flexibility index (Phi) is 6.13. The first kappa shape index (κ1) is 24.2. The molecule has 0 aliphatic carbocycles. The Morgan fingerprint density at radius 1 is 1.08 bits per heavy atom. The van der Waals surface area contributed by atoms with Gasteiger partial charge in [0.15, 0.2) is 0 Å². The lowest BCUT2D eigenvalue weighted by molar-refractivity contribution is 0.124. The van der Waals surface area contributed by atoms with Gasteiger partial charge < -0.3 is 14.9 Å². The van der Waals surface area contributed by atoms with Crippen LogP contribution in [0.5, 0.6) is 0 Å². The molecule has 2 saturated heterocycles. The van der Waals surface area contributed by atoms with Crippen molar-refractivity contribution in [1.29, 1.82) is 0 Å². The zero-order valence-electron chi connectivity index (χ0n) is 20.3. The predicted octanol–water partition coefficient (Wildman–Crippen LogP) is 5.38. The van der Waals surface area contributed by atoms with Gasteiger partial charge in [-0.1, -0.05) is 0 Å². The number of alkyl halides is 1. The Morgan fingerprint density at radius 2 is 1.89 bits per heavy atom. The van der Waals surface area contributed by atoms with Gasteiger partial charge in [-0.15, -0.1) is 0 Å². The van der Waals surface area contributed by atoms with Crippen LogP contribution < -0.4 is 4.90 Å². The fraction of sp³-hybridized carbons (Fsp3) is 0.333. The van der Waals surface area contributed by atoms with E-state index in [1.807, 2.05) is 16.9 Å². The van der Waals surface area contributed by atoms with Crippen molar-refractivity contribution in [3.8, 4) is 11.1 Å². The molecule has 2 atom stereocenters. The number of aromatic nitrogens is 4. The number of carbonyl (C=O) groups is 1. The Bertz CT molecular complexity index is 1500. The minimum Gasteiger partial charge on any atom is -0.465 e. The number of halogens is 3. The summed E-state index contributed by atoms with van der Waals surface area (Å²) >= 11 is 0. The zero-order chi connectivity index (χ0) is 26.4. The molecule has 0 spiro atoms. The third kappa shape index (κ3) is 4.42. The number of fused-ring (bicyclic) bond motifs is 1. The van der Waals surface area contributed by atoms with Crippen LogP contribution in [0.25, 0.3) is 22.2 Å². The summed E-state index contributed by atoms with van der Waals surface area (Å²) < 4.78 is 45.0. The third-order valence-corrected chi connectivity index (χ3v) is 7.45. The second kappa shape index (κ2) is 9.62. The standard InChI is InChI=1S/C27H25F3N6O2/c28-17-1-2-22(30)21(11-17)24-12-18(29)15-35(24)25-4-3-23-26(33-25)20(5-8-31-23)16-13-32-36(14-16)19-6-9-34(10-7-19)27(37)38/h1-5,8,11,13-14,18-19,24H,6-7,9-10,12,15H2,(H,37,38)/t18-,24+/m0/s1. The molecule has 4 aromatic rings. The average Bonchev–Trinajstić information content (AvgIpc) is 3.57. The molecule has 2 aliphatic rings. The topological polar surface area (TPSA) is 87.4 Å². The molecule has 38 heavy (non-hydrogen) atoms. The normalized spacial score (nSPS) is 20.4. The summed E-state index contributed by atoms with van der Waals surface area (Å²) in [6.07, 6.45) is 4.60. The monoisotopic (exact) mass is 522 g/mol. The molecule has 8 nitrogen and oxygen atoms in total. The summed E-state index contributed by atoms with van der Waals surface area (Å²) in [5.74, 6) is -0.707. The van der Waals surface area contributed by atoms with E-state index in [0.717, 1.165) is 29.3 Å². The van der Waals surface area contributed by atoms with Crippen molar-refractivity contribution in [3.05, 3.63) is 72.2 Å². The number of hydrogen-bond acceptors (Lipinski definition) is 5. The van der Waals surface area contributed by atoms with Crippen LogP contribution in [0.2, 0.25) is 0 Å². The highest BCUT2D eigenvalue weighted by Gasteiger charge is 2.36. The largest absolute Gasteiger partial charge is 0.465 e. The number of carboxylic acid groups (broad SMARTS) is 1. The van der Waals surface area contributed by atoms with E-state index < -0.39 is 29.9 Å². The summed E-state index contributed by atoms with van der Waals surface area (Å²) in [5, 5.41) is 13.7. The van der Waals surface area contributed by atoms with Gasteiger partial charge in [0, 0.05) is 48.6 Å². The first-order chi connectivity index (χ1) is 18.4. The number of piperidine rings is 1. The highest BCUT2D eigenvalue weighted by molar-refractivity contribution is 5.91. The summed E-state index contributed by atoms with van der Waals surface area (Å²) in [5.41, 5.74) is 2.94. The highest BCUT2D eigenvalue weighted by Crippen LogP contribution is 2.39. The molecule has 0 saturated carbocycles. The number of likely N-dealkylation sites (tertiary alicyclic amines) is 1. The maximum atomic E-state index is 14.6. The van der Waals surface area contributed by atoms with Gasteiger partial charge in [-0.25, -0.2) is 22.9 Å². The molecule has 2 aliphatic heterocycles. The van der Waals surface area contributed by atoms with E-state index in [2.05, 4.69) is 10.1 Å². The third-order valence-electron chi connectivity index (χ3n) is 7.45.